The van der Waals surface area contributed by atoms with E-state index in [1.807, 2.05) is 30.3 Å². The number of alkyl halides is 3. The topological polar surface area (TPSA) is 47.6 Å². The molecule has 0 radical (unpaired) electrons. The summed E-state index contributed by atoms with van der Waals surface area (Å²) in [5.41, 5.74) is 1.58. The van der Waals surface area contributed by atoms with Gasteiger partial charge in [-0.05, 0) is 50.4 Å². The van der Waals surface area contributed by atoms with Gasteiger partial charge in [-0.15, -0.1) is 11.3 Å². The van der Waals surface area contributed by atoms with Crippen LogP contribution < -0.4 is 15.5 Å². The maximum absolute atomic E-state index is 13.1. The Kier molecular flexibility index (Phi) is 6.46. The molecule has 4 nitrogen and oxygen atoms in total. The van der Waals surface area contributed by atoms with Crippen LogP contribution in [-0.4, -0.2) is 12.6 Å². The summed E-state index contributed by atoms with van der Waals surface area (Å²) in [6.45, 7) is 0. The molecule has 4 rings (SSSR count). The Balaban J connectivity index is 1.60. The molecule has 0 aliphatic rings. The lowest BCUT2D eigenvalue weighted by Crippen LogP contribution is -2.08. The quantitative estimate of drug-likeness (QED) is 0.235. The zero-order valence-corrected chi connectivity index (χ0v) is 18.5. The molecule has 1 N–H and O–H groups in total. The van der Waals surface area contributed by atoms with Gasteiger partial charge in [-0.1, -0.05) is 36.4 Å². The molecule has 0 bridgehead atoms. The van der Waals surface area contributed by atoms with Crippen LogP contribution in [0, 0.1) is 0 Å². The second kappa shape index (κ2) is 9.28. The highest BCUT2D eigenvalue weighted by Crippen LogP contribution is 2.38. The molecule has 32 heavy (non-hydrogen) atoms. The molecule has 1 aromatic heterocycles. The molecule has 1 atom stereocenters. The minimum absolute atomic E-state index is 0.0243. The number of anilines is 1. The fourth-order valence-electron chi connectivity index (χ4n) is 3.04. The van der Waals surface area contributed by atoms with Crippen molar-refractivity contribution < 1.29 is 27.5 Å². The van der Waals surface area contributed by atoms with E-state index in [4.69, 9.17) is 9.57 Å². The minimum Gasteiger partial charge on any atom is -0.454 e. The van der Waals surface area contributed by atoms with E-state index in [2.05, 4.69) is 5.48 Å². The molecule has 1 unspecified atom stereocenters. The Morgan fingerprint density at radius 3 is 2.47 bits per heavy atom. The van der Waals surface area contributed by atoms with Gasteiger partial charge in [0.2, 0.25) is 0 Å². The van der Waals surface area contributed by atoms with Crippen LogP contribution in [0.4, 0.5) is 18.9 Å². The predicted octanol–water partition coefficient (Wildman–Crippen LogP) is 6.83. The van der Waals surface area contributed by atoms with Gasteiger partial charge in [0.05, 0.1) is 17.6 Å². The van der Waals surface area contributed by atoms with Crippen molar-refractivity contribution in [2.75, 3.05) is 12.6 Å². The van der Waals surface area contributed by atoms with Gasteiger partial charge in [-0.2, -0.15) is 13.2 Å². The van der Waals surface area contributed by atoms with Crippen molar-refractivity contribution in [1.82, 2.24) is 0 Å². The molecule has 9 heteroatoms. The van der Waals surface area contributed by atoms with Crippen molar-refractivity contribution in [1.29, 1.82) is 0 Å². The molecule has 0 aliphatic heterocycles. The number of carbonyl (C=O) groups excluding carboxylic acids is 1. The SMILES string of the molecule is CONc1cc(C(F)(F)F)ccc1Oc1ccccc1PC(=O)c1cc2ccccc2s1. The van der Waals surface area contributed by atoms with Crippen molar-refractivity contribution in [2.24, 2.45) is 0 Å². The van der Waals surface area contributed by atoms with Gasteiger partial charge in [-0.25, -0.2) is 0 Å². The highest BCUT2D eigenvalue weighted by atomic mass is 32.1. The van der Waals surface area contributed by atoms with Crippen molar-refractivity contribution in [2.45, 2.75) is 6.18 Å². The molecule has 0 saturated carbocycles. The molecule has 0 fully saturated rings. The van der Waals surface area contributed by atoms with E-state index in [0.717, 1.165) is 22.2 Å². The van der Waals surface area contributed by atoms with Crippen LogP contribution in [0.3, 0.4) is 0 Å². The molecular weight excluding hydrogens is 458 g/mol. The number of rotatable bonds is 7. The van der Waals surface area contributed by atoms with Gasteiger partial charge >= 0.3 is 6.18 Å². The third kappa shape index (κ3) is 4.93. The van der Waals surface area contributed by atoms with Crippen LogP contribution in [0.1, 0.15) is 15.2 Å². The minimum atomic E-state index is -4.50. The van der Waals surface area contributed by atoms with Crippen LogP contribution >= 0.6 is 19.9 Å². The van der Waals surface area contributed by atoms with E-state index in [1.54, 1.807) is 24.3 Å². The summed E-state index contributed by atoms with van der Waals surface area (Å²) in [4.78, 5) is 18.4. The maximum Gasteiger partial charge on any atom is 0.416 e. The summed E-state index contributed by atoms with van der Waals surface area (Å²) in [6, 6.07) is 19.7. The number of halogens is 3. The summed E-state index contributed by atoms with van der Waals surface area (Å²) in [5.74, 6) is 0.533. The van der Waals surface area contributed by atoms with Crippen LogP contribution in [0.2, 0.25) is 0 Å². The van der Waals surface area contributed by atoms with Gasteiger partial charge in [0.25, 0.3) is 0 Å². The largest absolute Gasteiger partial charge is 0.454 e. The highest BCUT2D eigenvalue weighted by Gasteiger charge is 2.31. The maximum atomic E-state index is 13.1. The van der Waals surface area contributed by atoms with E-state index < -0.39 is 11.7 Å². The van der Waals surface area contributed by atoms with Crippen molar-refractivity contribution in [3.63, 3.8) is 0 Å². The van der Waals surface area contributed by atoms with Gasteiger partial charge in [0.15, 0.2) is 11.3 Å². The van der Waals surface area contributed by atoms with Crippen LogP contribution in [0.25, 0.3) is 10.1 Å². The Morgan fingerprint density at radius 1 is 0.969 bits per heavy atom. The van der Waals surface area contributed by atoms with Crippen LogP contribution in [0.5, 0.6) is 11.5 Å². The molecule has 0 aliphatic carbocycles. The molecule has 0 amide bonds. The summed E-state index contributed by atoms with van der Waals surface area (Å²) >= 11 is 1.43. The second-order valence-electron chi connectivity index (χ2n) is 6.72. The normalized spacial score (nSPS) is 11.9. The summed E-state index contributed by atoms with van der Waals surface area (Å²) in [5, 5.41) is 1.66. The predicted molar refractivity (Wildman–Crippen MR) is 123 cm³/mol. The summed E-state index contributed by atoms with van der Waals surface area (Å²) in [6.07, 6.45) is -4.50. The molecule has 3 aromatic carbocycles. The first-order valence-electron chi connectivity index (χ1n) is 9.42. The number of para-hydroxylation sites is 1. The number of nitrogens with one attached hydrogen (secondary N) is 1. The highest BCUT2D eigenvalue weighted by molar-refractivity contribution is 7.67. The van der Waals surface area contributed by atoms with Crippen molar-refractivity contribution >= 4 is 46.5 Å². The number of hydrogen-bond donors (Lipinski definition) is 1. The van der Waals surface area contributed by atoms with E-state index in [0.29, 0.717) is 15.9 Å². The lowest BCUT2D eigenvalue weighted by molar-refractivity contribution is -0.137. The zero-order valence-electron chi connectivity index (χ0n) is 16.7. The lowest BCUT2D eigenvalue weighted by atomic mass is 10.2. The first kappa shape index (κ1) is 22.3. The van der Waals surface area contributed by atoms with Crippen LogP contribution in [-0.2, 0) is 11.0 Å². The number of benzene rings is 3. The summed E-state index contributed by atoms with van der Waals surface area (Å²) in [7, 11) is 1.09. The Labute approximate surface area is 187 Å². The van der Waals surface area contributed by atoms with Gasteiger partial charge in [0.1, 0.15) is 11.4 Å². The van der Waals surface area contributed by atoms with Crippen molar-refractivity contribution in [3.05, 3.63) is 83.2 Å². The van der Waals surface area contributed by atoms with Crippen LogP contribution in [0.15, 0.2) is 72.8 Å². The fourth-order valence-corrected chi connectivity index (χ4v) is 5.13. The third-order valence-corrected chi connectivity index (χ3v) is 7.00. The third-order valence-electron chi connectivity index (χ3n) is 4.52. The van der Waals surface area contributed by atoms with Gasteiger partial charge < -0.3 is 4.74 Å². The first-order chi connectivity index (χ1) is 15.3. The average Bonchev–Trinajstić information content (AvgIpc) is 3.20. The number of thiophene rings is 1. The number of fused-ring (bicyclic) bond motifs is 1. The Bertz CT molecular complexity index is 1240. The molecule has 0 saturated heterocycles. The first-order valence-corrected chi connectivity index (χ1v) is 11.2. The lowest BCUT2D eigenvalue weighted by Gasteiger charge is -2.16. The fraction of sp³-hybridized carbons (Fsp3) is 0.0870. The van der Waals surface area contributed by atoms with Gasteiger partial charge in [0, 0.05) is 10.0 Å². The van der Waals surface area contributed by atoms with E-state index in [-0.39, 0.29) is 25.5 Å². The molecule has 164 valence electrons. The smallest absolute Gasteiger partial charge is 0.416 e. The van der Waals surface area contributed by atoms with E-state index in [9.17, 15) is 18.0 Å². The molecule has 4 aromatic rings. The van der Waals surface area contributed by atoms with E-state index in [1.165, 1.54) is 24.5 Å². The van der Waals surface area contributed by atoms with Gasteiger partial charge in [-0.3, -0.25) is 15.1 Å². The molecular formula is C23H17F3NO3PS. The number of carbonyl (C=O) groups is 1. The number of hydrogen-bond acceptors (Lipinski definition) is 5. The molecule has 1 heterocycles. The summed E-state index contributed by atoms with van der Waals surface area (Å²) < 4.78 is 46.1. The Morgan fingerprint density at radius 2 is 1.72 bits per heavy atom. The van der Waals surface area contributed by atoms with Crippen molar-refractivity contribution in [3.8, 4) is 11.5 Å². The monoisotopic (exact) mass is 475 g/mol. The number of ether oxygens (including phenoxy) is 1. The van der Waals surface area contributed by atoms with E-state index >= 15 is 0 Å². The second-order valence-corrected chi connectivity index (χ2v) is 9.04. The average molecular weight is 475 g/mol. The standard InChI is InChI=1S/C23H17F3NO3PS/c1-29-27-16-13-15(23(24,25)26)10-11-17(16)30-18-7-3-4-8-19(18)31-22(28)21-12-14-6-2-5-9-20(14)32-21/h2-13,27,31H,1H3. The molecule has 0 spiro atoms. The Hall–Kier alpha value is -2.93. The zero-order chi connectivity index (χ0) is 22.7.